The summed E-state index contributed by atoms with van der Waals surface area (Å²) in [5.41, 5.74) is 9.66. The summed E-state index contributed by atoms with van der Waals surface area (Å²) in [7, 11) is 3.96. The highest BCUT2D eigenvalue weighted by Crippen LogP contribution is 2.63. The number of benzene rings is 8. The Kier molecular flexibility index (Phi) is 15.3. The fourth-order valence-corrected chi connectivity index (χ4v) is 14.4. The molecular weight excluding hydrogens is 1060 g/mol. The number of aldehydes is 1. The van der Waals surface area contributed by atoms with Crippen LogP contribution in [0.4, 0.5) is 0 Å². The minimum Gasteiger partial charge on any atom is -0.497 e. The minimum atomic E-state index is -2.25. The van der Waals surface area contributed by atoms with Crippen molar-refractivity contribution >= 4 is 66.2 Å². The Bertz CT molecular complexity index is 4100. The van der Waals surface area contributed by atoms with Crippen molar-refractivity contribution in [3.05, 3.63) is 161 Å². The molecule has 10 rings (SSSR count). The summed E-state index contributed by atoms with van der Waals surface area (Å²) < 4.78 is 62.9. The zero-order valence-electron chi connectivity index (χ0n) is 50.3. The van der Waals surface area contributed by atoms with E-state index in [1.54, 1.807) is 35.5 Å². The van der Waals surface area contributed by atoms with Crippen LogP contribution in [0.5, 0.6) is 28.7 Å². The molecule has 0 aliphatic heterocycles. The lowest BCUT2D eigenvalue weighted by atomic mass is 9.83. The van der Waals surface area contributed by atoms with Crippen molar-refractivity contribution in [2.45, 2.75) is 105 Å². The molecule has 10 nitrogen and oxygen atoms in total. The van der Waals surface area contributed by atoms with E-state index in [4.69, 9.17) is 40.5 Å². The summed E-state index contributed by atoms with van der Waals surface area (Å²) in [6, 6.07) is 44.9. The van der Waals surface area contributed by atoms with Gasteiger partial charge in [0.1, 0.15) is 57.4 Å². The van der Waals surface area contributed by atoms with E-state index >= 15 is 0 Å². The summed E-state index contributed by atoms with van der Waals surface area (Å²) in [4.78, 5) is 13.0. The third-order valence-corrected chi connectivity index (χ3v) is 18.2. The SMILES string of the molecule is COc1cc(C(C)(C)C)c2op(-c3c(-c4ccccc4)ccc(OC)c3-c3c(OC)ccc(-c4ccccc4)c3-p3oc4c(C(C)(C)C)cc(OC)cc4c4cc(OC)cc(C(C)(C)C)c4o3)oc3c(C(C)(C)C)cc(C=O)cc3c2c1. The second kappa shape index (κ2) is 21.9. The van der Waals surface area contributed by atoms with Crippen LogP contribution >= 0.6 is 16.0 Å². The van der Waals surface area contributed by atoms with Crippen LogP contribution < -0.4 is 23.7 Å². The molecule has 1 unspecified atom stereocenters. The molecule has 0 bridgehead atoms. The fourth-order valence-electron chi connectivity index (χ4n) is 10.9. The average molecular weight is 1140 g/mol. The minimum absolute atomic E-state index is 0.437. The lowest BCUT2D eigenvalue weighted by Gasteiger charge is -2.23. The molecule has 8 aromatic carbocycles. The number of rotatable bonds is 11. The lowest BCUT2D eigenvalue weighted by Crippen LogP contribution is -2.12. The standard InChI is InChI=1S/C70H74O10P2/c1-67(2,3)53-33-41(40-71)32-49-50-34-44(72-13)37-54(68(4,5)6)62(50)78-81(77-61(49)53)65-47(42-24-20-18-21-25-42)28-30-57(75-16)59(65)60-58(76-17)31-29-48(43-26-22-19-23-27-43)66(60)82-79-63-51(35-45(73-14)38-55(63)69(7,8)9)52-36-46(74-15)39-56(64(52)80-82)70(10,11)12/h18-40H,1-17H3. The second-order valence-electron chi connectivity index (χ2n) is 24.9. The number of hydrogen-bond acceptors (Lipinski definition) is 10. The molecule has 0 radical (unpaired) electrons. The number of carbonyl (C=O) groups excluding carboxylic acids is 1. The van der Waals surface area contributed by atoms with Gasteiger partial charge in [-0.15, -0.1) is 0 Å². The monoisotopic (exact) mass is 1140 g/mol. The molecule has 2 heterocycles. The maximum atomic E-state index is 13.0. The van der Waals surface area contributed by atoms with Gasteiger partial charge in [-0.25, -0.2) is 0 Å². The Morgan fingerprint density at radius 3 is 0.951 bits per heavy atom. The fraction of sp³-hybridized carbons (Fsp3) is 0.300. The van der Waals surface area contributed by atoms with E-state index in [2.05, 4.69) is 132 Å². The Hall–Kier alpha value is -7.77. The Morgan fingerprint density at radius 1 is 0.366 bits per heavy atom. The van der Waals surface area contributed by atoms with Crippen LogP contribution in [0.2, 0.25) is 0 Å². The zero-order valence-corrected chi connectivity index (χ0v) is 52.0. The van der Waals surface area contributed by atoms with Crippen molar-refractivity contribution in [1.29, 1.82) is 0 Å². The average Bonchev–Trinajstić information content (AvgIpc) is 3.38. The predicted molar refractivity (Wildman–Crippen MR) is 338 cm³/mol. The Balaban J connectivity index is 1.53. The molecule has 12 heteroatoms. The van der Waals surface area contributed by atoms with Gasteiger partial charge in [-0.1, -0.05) is 144 Å². The summed E-state index contributed by atoms with van der Waals surface area (Å²) in [5, 5.41) is 4.52. The Morgan fingerprint density at radius 2 is 0.671 bits per heavy atom. The number of ether oxygens (including phenoxy) is 5. The van der Waals surface area contributed by atoms with Crippen molar-refractivity contribution in [1.82, 2.24) is 0 Å². The van der Waals surface area contributed by atoms with Gasteiger partial charge >= 0.3 is 0 Å². The molecule has 0 N–H and O–H groups in total. The highest BCUT2D eigenvalue weighted by Gasteiger charge is 2.34. The quantitative estimate of drug-likeness (QED) is 0.116. The van der Waals surface area contributed by atoms with Gasteiger partial charge in [0.05, 0.1) is 46.2 Å². The summed E-state index contributed by atoms with van der Waals surface area (Å²) in [5.74, 6) is 3.08. The molecule has 0 spiro atoms. The third kappa shape index (κ3) is 10.6. The van der Waals surface area contributed by atoms with Crippen LogP contribution in [0.15, 0.2) is 150 Å². The van der Waals surface area contributed by atoms with Gasteiger partial charge in [0, 0.05) is 71.6 Å². The first-order valence-electron chi connectivity index (χ1n) is 27.6. The van der Waals surface area contributed by atoms with Gasteiger partial charge in [-0.05, 0) is 106 Å². The first kappa shape index (κ1) is 57.5. The molecule has 424 valence electrons. The van der Waals surface area contributed by atoms with Crippen LogP contribution in [0, 0.1) is 0 Å². The largest absolute Gasteiger partial charge is 0.497 e. The van der Waals surface area contributed by atoms with Crippen molar-refractivity contribution in [3.8, 4) is 72.7 Å². The van der Waals surface area contributed by atoms with Crippen molar-refractivity contribution in [2.24, 2.45) is 0 Å². The van der Waals surface area contributed by atoms with E-state index in [9.17, 15) is 4.79 Å². The van der Waals surface area contributed by atoms with Crippen molar-refractivity contribution in [3.63, 3.8) is 0 Å². The lowest BCUT2D eigenvalue weighted by molar-refractivity contribution is 0.112. The van der Waals surface area contributed by atoms with Gasteiger partial charge in [0.2, 0.25) is 0 Å². The van der Waals surface area contributed by atoms with E-state index in [-0.39, 0.29) is 0 Å². The molecule has 10 aromatic rings. The topological polar surface area (TPSA) is 116 Å². The maximum absolute atomic E-state index is 13.0. The zero-order chi connectivity index (χ0) is 58.8. The van der Waals surface area contributed by atoms with Gasteiger partial charge < -0.3 is 40.5 Å². The number of methoxy groups -OCH3 is 5. The first-order valence-corrected chi connectivity index (χ1v) is 29.9. The van der Waals surface area contributed by atoms with E-state index in [1.165, 1.54) is 0 Å². The Labute approximate surface area is 483 Å². The highest BCUT2D eigenvalue weighted by atomic mass is 31.1. The maximum Gasteiger partial charge on any atom is 0.254 e. The van der Waals surface area contributed by atoms with Crippen LogP contribution in [0.3, 0.4) is 0 Å². The highest BCUT2D eigenvalue weighted by molar-refractivity contribution is 7.47. The molecule has 0 saturated heterocycles. The molecule has 2 aromatic heterocycles. The smallest absolute Gasteiger partial charge is 0.254 e. The van der Waals surface area contributed by atoms with Gasteiger partial charge in [0.15, 0.2) is 0 Å². The van der Waals surface area contributed by atoms with Gasteiger partial charge in [-0.3, -0.25) is 4.79 Å². The van der Waals surface area contributed by atoms with E-state index < -0.39 is 37.7 Å². The van der Waals surface area contributed by atoms with Gasteiger partial charge in [0.25, 0.3) is 16.0 Å². The van der Waals surface area contributed by atoms with Crippen LogP contribution in [-0.4, -0.2) is 41.8 Å². The molecular formula is C70H74O10P2. The van der Waals surface area contributed by atoms with E-state index in [0.717, 1.165) is 72.3 Å². The molecule has 0 fully saturated rings. The van der Waals surface area contributed by atoms with Crippen LogP contribution in [0.25, 0.3) is 87.9 Å². The summed E-state index contributed by atoms with van der Waals surface area (Å²) in [6.45, 7) is 26.0. The number of hydrogen-bond donors (Lipinski definition) is 0. The molecule has 0 amide bonds. The van der Waals surface area contributed by atoms with Gasteiger partial charge in [-0.2, -0.15) is 0 Å². The molecule has 1 atom stereocenters. The van der Waals surface area contributed by atoms with E-state index in [1.807, 2.05) is 84.9 Å². The molecule has 0 aliphatic carbocycles. The molecule has 0 aliphatic rings. The number of fused-ring (bicyclic) bond motifs is 6. The van der Waals surface area contributed by atoms with Crippen molar-refractivity contribution in [2.75, 3.05) is 35.5 Å². The number of carbonyl (C=O) groups is 1. The molecule has 82 heavy (non-hydrogen) atoms. The molecule has 0 saturated carbocycles. The van der Waals surface area contributed by atoms with E-state index in [0.29, 0.717) is 78.5 Å². The normalized spacial score (nSPS) is 12.5. The second-order valence-corrected chi connectivity index (χ2v) is 27.6. The van der Waals surface area contributed by atoms with Crippen LogP contribution in [0.1, 0.15) is 116 Å². The predicted octanol–water partition coefficient (Wildman–Crippen LogP) is 20.9. The summed E-state index contributed by atoms with van der Waals surface area (Å²) >= 11 is 0. The third-order valence-electron chi connectivity index (χ3n) is 15.2. The van der Waals surface area contributed by atoms with Crippen molar-refractivity contribution < 1.29 is 45.3 Å². The summed E-state index contributed by atoms with van der Waals surface area (Å²) in [6.07, 6.45) is 0.897. The van der Waals surface area contributed by atoms with Crippen LogP contribution in [-0.2, 0) is 21.7 Å². The first-order chi connectivity index (χ1) is 38.9.